The Morgan fingerprint density at radius 1 is 0.696 bits per heavy atom. The zero-order chi connectivity index (χ0) is 17.0. The van der Waals surface area contributed by atoms with E-state index >= 15 is 0 Å². The molecule has 0 aromatic heterocycles. The third-order valence-corrected chi connectivity index (χ3v) is 3.69. The predicted octanol–water partition coefficient (Wildman–Crippen LogP) is 2.47. The molecule has 2 aromatic carbocycles. The molecule has 0 fully saturated rings. The summed E-state index contributed by atoms with van der Waals surface area (Å²) in [6.45, 7) is 5.61. The minimum atomic E-state index is 0.578. The third-order valence-electron chi connectivity index (χ3n) is 3.69. The number of nitrogens with two attached hydrogens (primary N) is 4. The minimum absolute atomic E-state index is 0.578. The molecule has 23 heavy (non-hydrogen) atoms. The normalized spacial score (nSPS) is 10.5. The van der Waals surface area contributed by atoms with Gasteiger partial charge in [0.1, 0.15) is 0 Å². The number of hydrogen-bond donors (Lipinski definition) is 6. The van der Waals surface area contributed by atoms with E-state index in [0.717, 1.165) is 35.6 Å². The molecule has 0 aliphatic rings. The van der Waals surface area contributed by atoms with Crippen molar-refractivity contribution in [1.29, 1.82) is 0 Å². The molecule has 0 bridgehead atoms. The number of hydrogen-bond acceptors (Lipinski definition) is 6. The van der Waals surface area contributed by atoms with Crippen LogP contribution in [0.15, 0.2) is 24.3 Å². The lowest BCUT2D eigenvalue weighted by Crippen LogP contribution is -2.07. The van der Waals surface area contributed by atoms with Crippen LogP contribution >= 0.6 is 0 Å². The van der Waals surface area contributed by atoms with Gasteiger partial charge in [0.25, 0.3) is 0 Å². The number of benzene rings is 2. The fourth-order valence-electron chi connectivity index (χ4n) is 2.59. The van der Waals surface area contributed by atoms with Crippen LogP contribution in [-0.2, 0) is 6.42 Å². The molecule has 2 aromatic rings. The van der Waals surface area contributed by atoms with Gasteiger partial charge in [-0.25, -0.2) is 0 Å². The smallest absolute Gasteiger partial charge is 0.0783 e. The Morgan fingerprint density at radius 2 is 1.09 bits per heavy atom. The summed E-state index contributed by atoms with van der Waals surface area (Å²) in [4.78, 5) is 0. The number of nitrogen functional groups attached to an aromatic ring is 4. The van der Waals surface area contributed by atoms with E-state index in [1.807, 2.05) is 38.1 Å². The van der Waals surface area contributed by atoms with Crippen LogP contribution < -0.4 is 33.6 Å². The molecule has 0 aliphatic carbocycles. The van der Waals surface area contributed by atoms with Gasteiger partial charge in [-0.05, 0) is 55.7 Å². The van der Waals surface area contributed by atoms with Gasteiger partial charge < -0.3 is 33.6 Å². The van der Waals surface area contributed by atoms with Crippen molar-refractivity contribution in [3.63, 3.8) is 0 Å². The quantitative estimate of drug-likeness (QED) is 0.454. The summed E-state index contributed by atoms with van der Waals surface area (Å²) in [6, 6.07) is 7.84. The molecule has 0 aliphatic heterocycles. The molecule has 0 unspecified atom stereocenters. The first kappa shape index (κ1) is 16.6. The SMILES string of the molecule is CCNc1cc(Cc2cc(N)c(N)c(NCC)c2)cc(N)c1N. The van der Waals surface area contributed by atoms with Crippen molar-refractivity contribution in [2.45, 2.75) is 20.3 Å². The van der Waals surface area contributed by atoms with Gasteiger partial charge in [-0.1, -0.05) is 0 Å². The van der Waals surface area contributed by atoms with Crippen molar-refractivity contribution in [3.8, 4) is 0 Å². The number of anilines is 6. The average molecular weight is 314 g/mol. The lowest BCUT2D eigenvalue weighted by atomic mass is 10.0. The summed E-state index contributed by atoms with van der Waals surface area (Å²) in [7, 11) is 0. The number of nitrogens with one attached hydrogen (secondary N) is 2. The maximum Gasteiger partial charge on any atom is 0.0783 e. The summed E-state index contributed by atoms with van der Waals surface area (Å²) >= 11 is 0. The van der Waals surface area contributed by atoms with E-state index < -0.39 is 0 Å². The van der Waals surface area contributed by atoms with Gasteiger partial charge in [0, 0.05) is 13.1 Å². The Balaban J connectivity index is 2.35. The highest BCUT2D eigenvalue weighted by Gasteiger charge is 2.09. The molecule has 10 N–H and O–H groups in total. The van der Waals surface area contributed by atoms with Crippen molar-refractivity contribution in [1.82, 2.24) is 0 Å². The molecule has 0 heterocycles. The Kier molecular flexibility index (Phi) is 5.05. The van der Waals surface area contributed by atoms with Crippen LogP contribution in [0.25, 0.3) is 0 Å². The molecule has 0 saturated carbocycles. The zero-order valence-electron chi connectivity index (χ0n) is 13.7. The van der Waals surface area contributed by atoms with Gasteiger partial charge in [0.15, 0.2) is 0 Å². The highest BCUT2D eigenvalue weighted by Crippen LogP contribution is 2.31. The van der Waals surface area contributed by atoms with E-state index in [1.54, 1.807) is 0 Å². The summed E-state index contributed by atoms with van der Waals surface area (Å²) in [5, 5.41) is 6.47. The molecule has 124 valence electrons. The molecular formula is C17H26N6. The molecule has 0 atom stereocenters. The molecule has 0 spiro atoms. The fraction of sp³-hybridized carbons (Fsp3) is 0.294. The van der Waals surface area contributed by atoms with Gasteiger partial charge >= 0.3 is 0 Å². The first-order valence-electron chi connectivity index (χ1n) is 7.79. The number of rotatable bonds is 6. The summed E-state index contributed by atoms with van der Waals surface area (Å²) in [6.07, 6.45) is 0.700. The van der Waals surface area contributed by atoms with Crippen LogP contribution in [0.1, 0.15) is 25.0 Å². The Bertz CT molecular complexity index is 636. The molecule has 0 saturated heterocycles. The maximum atomic E-state index is 6.01. The van der Waals surface area contributed by atoms with E-state index in [0.29, 0.717) is 29.2 Å². The monoisotopic (exact) mass is 314 g/mol. The highest BCUT2D eigenvalue weighted by atomic mass is 14.9. The van der Waals surface area contributed by atoms with Crippen LogP contribution in [0, 0.1) is 0 Å². The molecular weight excluding hydrogens is 288 g/mol. The standard InChI is InChI=1S/C17H26N6/c1-3-22-14-8-10(6-12(18)16(14)20)5-11-7-13(19)17(21)15(9-11)23-4-2/h6-9,22-23H,3-5,18-21H2,1-2H3. The average Bonchev–Trinajstić information content (AvgIpc) is 2.50. The topological polar surface area (TPSA) is 128 Å². The molecule has 6 heteroatoms. The van der Waals surface area contributed by atoms with Crippen molar-refractivity contribution in [3.05, 3.63) is 35.4 Å². The van der Waals surface area contributed by atoms with E-state index in [-0.39, 0.29) is 0 Å². The summed E-state index contributed by atoms with van der Waals surface area (Å²) in [5.74, 6) is 0. The Labute approximate surface area is 137 Å². The van der Waals surface area contributed by atoms with Crippen LogP contribution in [0.4, 0.5) is 34.1 Å². The van der Waals surface area contributed by atoms with Crippen molar-refractivity contribution >= 4 is 34.1 Å². The van der Waals surface area contributed by atoms with Gasteiger partial charge in [0.05, 0.1) is 34.1 Å². The van der Waals surface area contributed by atoms with E-state index in [4.69, 9.17) is 22.9 Å². The molecule has 2 rings (SSSR count). The van der Waals surface area contributed by atoms with Crippen molar-refractivity contribution in [2.75, 3.05) is 46.7 Å². The fourth-order valence-corrected chi connectivity index (χ4v) is 2.59. The van der Waals surface area contributed by atoms with Gasteiger partial charge in [-0.15, -0.1) is 0 Å². The van der Waals surface area contributed by atoms with Gasteiger partial charge in [-0.2, -0.15) is 0 Å². The largest absolute Gasteiger partial charge is 0.397 e. The highest BCUT2D eigenvalue weighted by molar-refractivity contribution is 5.81. The van der Waals surface area contributed by atoms with Crippen LogP contribution in [0.2, 0.25) is 0 Å². The Morgan fingerprint density at radius 3 is 1.43 bits per heavy atom. The minimum Gasteiger partial charge on any atom is -0.397 e. The van der Waals surface area contributed by atoms with Crippen molar-refractivity contribution < 1.29 is 0 Å². The second kappa shape index (κ2) is 7.00. The second-order valence-corrected chi connectivity index (χ2v) is 5.53. The van der Waals surface area contributed by atoms with Crippen molar-refractivity contribution in [2.24, 2.45) is 0 Å². The van der Waals surface area contributed by atoms with E-state index in [9.17, 15) is 0 Å². The summed E-state index contributed by atoms with van der Waals surface area (Å²) in [5.41, 5.74) is 30.2. The van der Waals surface area contributed by atoms with E-state index in [2.05, 4.69) is 10.6 Å². The van der Waals surface area contributed by atoms with Gasteiger partial charge in [0.2, 0.25) is 0 Å². The van der Waals surface area contributed by atoms with Crippen LogP contribution in [0.5, 0.6) is 0 Å². The summed E-state index contributed by atoms with van der Waals surface area (Å²) < 4.78 is 0. The second-order valence-electron chi connectivity index (χ2n) is 5.53. The lowest BCUT2D eigenvalue weighted by molar-refractivity contribution is 1.16. The third kappa shape index (κ3) is 3.71. The zero-order valence-corrected chi connectivity index (χ0v) is 13.7. The van der Waals surface area contributed by atoms with Gasteiger partial charge in [-0.3, -0.25) is 0 Å². The molecule has 0 amide bonds. The first-order chi connectivity index (χ1) is 11.0. The van der Waals surface area contributed by atoms with Crippen LogP contribution in [-0.4, -0.2) is 13.1 Å². The van der Waals surface area contributed by atoms with E-state index in [1.165, 1.54) is 0 Å². The molecule has 0 radical (unpaired) electrons. The Hall–Kier alpha value is -2.76. The predicted molar refractivity (Wildman–Crippen MR) is 102 cm³/mol. The lowest BCUT2D eigenvalue weighted by Gasteiger charge is -2.15. The first-order valence-corrected chi connectivity index (χ1v) is 7.79. The van der Waals surface area contributed by atoms with Crippen LogP contribution in [0.3, 0.4) is 0 Å². The molecule has 6 nitrogen and oxygen atoms in total. The maximum absolute atomic E-state index is 6.01.